The summed E-state index contributed by atoms with van der Waals surface area (Å²) in [5, 5.41) is 1.71. The van der Waals surface area contributed by atoms with Gasteiger partial charge in [-0.15, -0.1) is 0 Å². The van der Waals surface area contributed by atoms with Crippen molar-refractivity contribution in [3.05, 3.63) is 65.0 Å². The minimum Gasteiger partial charge on any atom is -0.0789 e. The SMILES string of the molecule is CC(C)CP(CC(C)C)C1=Cc2c(cccc2-c2ccccc2)C1. The second-order valence-corrected chi connectivity index (χ2v) is 10.1. The summed E-state index contributed by atoms with van der Waals surface area (Å²) in [6, 6.07) is 17.7. The van der Waals surface area contributed by atoms with Crippen LogP contribution in [0.25, 0.3) is 17.2 Å². The van der Waals surface area contributed by atoms with E-state index in [4.69, 9.17) is 0 Å². The second-order valence-electron chi connectivity index (χ2n) is 7.75. The summed E-state index contributed by atoms with van der Waals surface area (Å²) >= 11 is 0. The number of hydrogen-bond acceptors (Lipinski definition) is 0. The van der Waals surface area contributed by atoms with Gasteiger partial charge in [0.2, 0.25) is 0 Å². The minimum atomic E-state index is -0.00721. The molecule has 0 heterocycles. The Bertz CT molecular complexity index is 700. The zero-order valence-electron chi connectivity index (χ0n) is 15.4. The summed E-state index contributed by atoms with van der Waals surface area (Å²) in [6.07, 6.45) is 6.44. The molecule has 0 atom stereocenters. The molecular formula is C23H29P. The first-order valence-corrected chi connectivity index (χ1v) is 10.9. The molecule has 2 aromatic rings. The van der Waals surface area contributed by atoms with Crippen molar-refractivity contribution in [3.63, 3.8) is 0 Å². The van der Waals surface area contributed by atoms with E-state index in [1.807, 2.05) is 0 Å². The number of benzene rings is 2. The fourth-order valence-corrected chi connectivity index (χ4v) is 6.70. The van der Waals surface area contributed by atoms with Gasteiger partial charge >= 0.3 is 0 Å². The molecule has 0 amide bonds. The van der Waals surface area contributed by atoms with Crippen LogP contribution in [-0.2, 0) is 6.42 Å². The Kier molecular flexibility index (Phi) is 5.57. The van der Waals surface area contributed by atoms with E-state index in [2.05, 4.69) is 82.3 Å². The van der Waals surface area contributed by atoms with Gasteiger partial charge in [0.1, 0.15) is 0 Å². The van der Waals surface area contributed by atoms with Gasteiger partial charge in [-0.1, -0.05) is 90.2 Å². The quantitative estimate of drug-likeness (QED) is 0.496. The van der Waals surface area contributed by atoms with Crippen LogP contribution in [0.15, 0.2) is 53.8 Å². The predicted molar refractivity (Wildman–Crippen MR) is 110 cm³/mol. The Morgan fingerprint density at radius 3 is 2.12 bits per heavy atom. The number of fused-ring (bicyclic) bond motifs is 1. The first-order chi connectivity index (χ1) is 11.5. The van der Waals surface area contributed by atoms with Crippen molar-refractivity contribution in [3.8, 4) is 11.1 Å². The van der Waals surface area contributed by atoms with Crippen LogP contribution in [-0.4, -0.2) is 12.3 Å². The molecule has 0 fully saturated rings. The number of allylic oxidation sites excluding steroid dienone is 1. The lowest BCUT2D eigenvalue weighted by Gasteiger charge is -2.23. The monoisotopic (exact) mass is 336 g/mol. The van der Waals surface area contributed by atoms with Crippen LogP contribution in [0.4, 0.5) is 0 Å². The van der Waals surface area contributed by atoms with Gasteiger partial charge in [-0.25, -0.2) is 0 Å². The molecule has 0 saturated heterocycles. The van der Waals surface area contributed by atoms with Crippen LogP contribution in [0, 0.1) is 11.8 Å². The zero-order valence-corrected chi connectivity index (χ0v) is 16.3. The molecule has 126 valence electrons. The standard InChI is InChI=1S/C23H29P/c1-17(2)15-24(16-18(3)4)21-13-20-11-8-12-22(23(20)14-21)19-9-6-5-7-10-19/h5-12,14,17-18H,13,15-16H2,1-4H3. The lowest BCUT2D eigenvalue weighted by Crippen LogP contribution is -2.04. The molecule has 1 heteroatoms. The van der Waals surface area contributed by atoms with Gasteiger partial charge in [0.05, 0.1) is 0 Å². The summed E-state index contributed by atoms with van der Waals surface area (Å²) in [4.78, 5) is 0. The molecule has 0 spiro atoms. The molecule has 0 aliphatic heterocycles. The maximum absolute atomic E-state index is 2.54. The van der Waals surface area contributed by atoms with Crippen molar-refractivity contribution in [1.29, 1.82) is 0 Å². The largest absolute Gasteiger partial charge is 0.0789 e. The fraction of sp³-hybridized carbons (Fsp3) is 0.391. The van der Waals surface area contributed by atoms with Gasteiger partial charge in [-0.3, -0.25) is 0 Å². The normalized spacial score (nSPS) is 13.7. The molecule has 0 N–H and O–H groups in total. The van der Waals surface area contributed by atoms with E-state index in [1.54, 1.807) is 5.31 Å². The first kappa shape index (κ1) is 17.4. The molecule has 0 saturated carbocycles. The van der Waals surface area contributed by atoms with Gasteiger partial charge in [-0.05, 0) is 58.1 Å². The van der Waals surface area contributed by atoms with E-state index in [-0.39, 0.29) is 7.92 Å². The minimum absolute atomic E-state index is 0.00721. The average molecular weight is 336 g/mol. The van der Waals surface area contributed by atoms with E-state index < -0.39 is 0 Å². The lowest BCUT2D eigenvalue weighted by atomic mass is 9.97. The van der Waals surface area contributed by atoms with Gasteiger partial charge in [0.25, 0.3) is 0 Å². The molecular weight excluding hydrogens is 307 g/mol. The first-order valence-electron chi connectivity index (χ1n) is 9.17. The van der Waals surface area contributed by atoms with Gasteiger partial charge in [0.15, 0.2) is 0 Å². The number of rotatable bonds is 6. The van der Waals surface area contributed by atoms with Crippen LogP contribution in [0.5, 0.6) is 0 Å². The maximum Gasteiger partial charge on any atom is -0.00149 e. The van der Waals surface area contributed by atoms with Gasteiger partial charge in [-0.2, -0.15) is 0 Å². The van der Waals surface area contributed by atoms with E-state index in [9.17, 15) is 0 Å². The third-order valence-corrected chi connectivity index (χ3v) is 7.98. The molecule has 0 nitrogen and oxygen atoms in total. The topological polar surface area (TPSA) is 0 Å². The third-order valence-electron chi connectivity index (χ3n) is 4.54. The summed E-state index contributed by atoms with van der Waals surface area (Å²) in [5.41, 5.74) is 5.72. The highest BCUT2D eigenvalue weighted by atomic mass is 31.1. The number of hydrogen-bond donors (Lipinski definition) is 0. The summed E-state index contributed by atoms with van der Waals surface area (Å²) < 4.78 is 0. The Morgan fingerprint density at radius 1 is 0.833 bits per heavy atom. The van der Waals surface area contributed by atoms with E-state index in [0.717, 1.165) is 11.8 Å². The van der Waals surface area contributed by atoms with Crippen LogP contribution in [0.3, 0.4) is 0 Å². The molecule has 2 aromatic carbocycles. The van der Waals surface area contributed by atoms with Crippen LogP contribution < -0.4 is 0 Å². The van der Waals surface area contributed by atoms with Crippen LogP contribution in [0.2, 0.25) is 0 Å². The molecule has 1 aliphatic rings. The van der Waals surface area contributed by atoms with Crippen molar-refractivity contribution in [2.45, 2.75) is 34.1 Å². The fourth-order valence-electron chi connectivity index (χ4n) is 3.61. The van der Waals surface area contributed by atoms with Crippen molar-refractivity contribution in [1.82, 2.24) is 0 Å². The second kappa shape index (κ2) is 7.66. The van der Waals surface area contributed by atoms with E-state index >= 15 is 0 Å². The highest BCUT2D eigenvalue weighted by molar-refractivity contribution is 7.62. The zero-order chi connectivity index (χ0) is 17.1. The molecule has 0 unspecified atom stereocenters. The van der Waals surface area contributed by atoms with E-state index in [0.29, 0.717) is 0 Å². The highest BCUT2D eigenvalue weighted by Gasteiger charge is 2.23. The molecule has 3 rings (SSSR count). The van der Waals surface area contributed by atoms with Crippen molar-refractivity contribution < 1.29 is 0 Å². The van der Waals surface area contributed by atoms with Crippen LogP contribution in [0.1, 0.15) is 38.8 Å². The Labute approximate surface area is 148 Å². The lowest BCUT2D eigenvalue weighted by molar-refractivity contribution is 0.719. The van der Waals surface area contributed by atoms with Gasteiger partial charge < -0.3 is 0 Å². The van der Waals surface area contributed by atoms with Gasteiger partial charge in [0, 0.05) is 0 Å². The predicted octanol–water partition coefficient (Wildman–Crippen LogP) is 7.04. The Balaban J connectivity index is 1.95. The smallest absolute Gasteiger partial charge is 0.00149 e. The highest BCUT2D eigenvalue weighted by Crippen LogP contribution is 2.53. The molecule has 1 aliphatic carbocycles. The average Bonchev–Trinajstić information content (AvgIpc) is 2.98. The van der Waals surface area contributed by atoms with Crippen LogP contribution >= 0.6 is 7.92 Å². The van der Waals surface area contributed by atoms with Crippen molar-refractivity contribution in [2.24, 2.45) is 11.8 Å². The van der Waals surface area contributed by atoms with Crippen molar-refractivity contribution >= 4 is 14.0 Å². The summed E-state index contributed by atoms with van der Waals surface area (Å²) in [5.74, 6) is 1.57. The molecule has 0 aromatic heterocycles. The molecule has 24 heavy (non-hydrogen) atoms. The molecule has 0 bridgehead atoms. The Hall–Kier alpha value is -1.39. The molecule has 0 radical (unpaired) electrons. The van der Waals surface area contributed by atoms with E-state index in [1.165, 1.54) is 41.0 Å². The third kappa shape index (κ3) is 3.98. The van der Waals surface area contributed by atoms with Crippen molar-refractivity contribution in [2.75, 3.05) is 12.3 Å². The maximum atomic E-state index is 2.54. The summed E-state index contributed by atoms with van der Waals surface area (Å²) in [6.45, 7) is 9.48. The summed E-state index contributed by atoms with van der Waals surface area (Å²) in [7, 11) is -0.00721. The Morgan fingerprint density at radius 2 is 1.50 bits per heavy atom.